The first-order chi connectivity index (χ1) is 9.60. The Labute approximate surface area is 126 Å². The molecule has 0 fully saturated rings. The Bertz CT molecular complexity index is 630. The second kappa shape index (κ2) is 6.56. The van der Waals surface area contributed by atoms with Crippen LogP contribution in [0.3, 0.4) is 0 Å². The maximum atomic E-state index is 9.73. The summed E-state index contributed by atoms with van der Waals surface area (Å²) >= 11 is 3.39. The Kier molecular flexibility index (Phi) is 4.78. The third-order valence-electron chi connectivity index (χ3n) is 2.90. The first-order valence-electron chi connectivity index (χ1n) is 6.19. The number of hydrogen-bond donors (Lipinski definition) is 1. The van der Waals surface area contributed by atoms with Gasteiger partial charge in [0.15, 0.2) is 0 Å². The third kappa shape index (κ3) is 3.60. The van der Waals surface area contributed by atoms with Gasteiger partial charge in [-0.3, -0.25) is 0 Å². The van der Waals surface area contributed by atoms with E-state index in [1.54, 1.807) is 19.1 Å². The van der Waals surface area contributed by atoms with Gasteiger partial charge in [0, 0.05) is 10.0 Å². The monoisotopic (exact) mass is 331 g/mol. The summed E-state index contributed by atoms with van der Waals surface area (Å²) in [6, 6.07) is 14.9. The molecule has 4 heteroatoms. The Hall–Kier alpha value is -1.83. The van der Waals surface area contributed by atoms with Gasteiger partial charge in [-0.05, 0) is 36.8 Å². The lowest BCUT2D eigenvalue weighted by molar-refractivity contribution is 0.190. The summed E-state index contributed by atoms with van der Waals surface area (Å²) in [4.78, 5) is 0. The van der Waals surface area contributed by atoms with Crippen LogP contribution in [-0.4, -0.2) is 5.11 Å². The van der Waals surface area contributed by atoms with Crippen molar-refractivity contribution < 1.29 is 9.84 Å². The molecule has 20 heavy (non-hydrogen) atoms. The molecule has 2 aromatic rings. The Morgan fingerprint density at radius 2 is 1.95 bits per heavy atom. The Morgan fingerprint density at radius 3 is 2.55 bits per heavy atom. The van der Waals surface area contributed by atoms with Crippen LogP contribution in [0.4, 0.5) is 0 Å². The van der Waals surface area contributed by atoms with E-state index in [2.05, 4.69) is 22.0 Å². The van der Waals surface area contributed by atoms with E-state index in [9.17, 15) is 5.11 Å². The minimum absolute atomic E-state index is 0.391. The summed E-state index contributed by atoms with van der Waals surface area (Å²) in [5.74, 6) is 0.652. The van der Waals surface area contributed by atoms with Crippen molar-refractivity contribution in [3.05, 3.63) is 63.6 Å². The van der Waals surface area contributed by atoms with Crippen molar-refractivity contribution in [2.75, 3.05) is 0 Å². The zero-order chi connectivity index (χ0) is 14.5. The third-order valence-corrected chi connectivity index (χ3v) is 3.40. The number of rotatable bonds is 4. The lowest BCUT2D eigenvalue weighted by atomic mass is 10.1. The molecule has 0 aromatic heterocycles. The zero-order valence-corrected chi connectivity index (χ0v) is 12.6. The fourth-order valence-corrected chi connectivity index (χ4v) is 2.16. The molecule has 0 aliphatic carbocycles. The Morgan fingerprint density at radius 1 is 1.25 bits per heavy atom. The van der Waals surface area contributed by atoms with Gasteiger partial charge in [0.1, 0.15) is 12.4 Å². The summed E-state index contributed by atoms with van der Waals surface area (Å²) in [7, 11) is 0. The fraction of sp³-hybridized carbons (Fsp3) is 0.188. The zero-order valence-electron chi connectivity index (χ0n) is 11.0. The molecule has 0 heterocycles. The van der Waals surface area contributed by atoms with E-state index in [0.29, 0.717) is 17.9 Å². The number of aliphatic hydroxyl groups is 1. The van der Waals surface area contributed by atoms with Gasteiger partial charge in [-0.1, -0.05) is 34.1 Å². The highest BCUT2D eigenvalue weighted by Gasteiger charge is 2.10. The van der Waals surface area contributed by atoms with Gasteiger partial charge >= 0.3 is 0 Å². The van der Waals surface area contributed by atoms with Crippen LogP contribution in [0.25, 0.3) is 0 Å². The smallest absolute Gasteiger partial charge is 0.126 e. The van der Waals surface area contributed by atoms with Gasteiger partial charge in [0.05, 0.1) is 17.7 Å². The van der Waals surface area contributed by atoms with E-state index >= 15 is 0 Å². The molecule has 0 saturated carbocycles. The van der Waals surface area contributed by atoms with Gasteiger partial charge in [-0.25, -0.2) is 0 Å². The van der Waals surface area contributed by atoms with Gasteiger partial charge in [0.25, 0.3) is 0 Å². The molecule has 0 unspecified atom stereocenters. The number of nitriles is 1. The summed E-state index contributed by atoms with van der Waals surface area (Å²) in [6.45, 7) is 2.10. The molecule has 102 valence electrons. The predicted octanol–water partition coefficient (Wildman–Crippen LogP) is 3.95. The lowest BCUT2D eigenvalue weighted by Gasteiger charge is -2.14. The van der Waals surface area contributed by atoms with Crippen molar-refractivity contribution in [1.82, 2.24) is 0 Å². The van der Waals surface area contributed by atoms with Crippen molar-refractivity contribution in [1.29, 1.82) is 5.26 Å². The van der Waals surface area contributed by atoms with E-state index in [1.807, 2.05) is 30.3 Å². The number of nitrogens with zero attached hydrogens (tertiary/aromatic N) is 1. The largest absolute Gasteiger partial charge is 0.488 e. The summed E-state index contributed by atoms with van der Waals surface area (Å²) in [5.41, 5.74) is 2.35. The molecule has 3 nitrogen and oxygen atoms in total. The van der Waals surface area contributed by atoms with E-state index in [-0.39, 0.29) is 0 Å². The van der Waals surface area contributed by atoms with Gasteiger partial charge in [-0.2, -0.15) is 5.26 Å². The molecular formula is C16H14BrNO2. The SMILES string of the molecule is C[C@H](O)c1ccc(Br)cc1OCc1ccc(C#N)cc1. The van der Waals surface area contributed by atoms with Gasteiger partial charge in [-0.15, -0.1) is 0 Å². The number of ether oxygens (including phenoxy) is 1. The molecule has 1 N–H and O–H groups in total. The van der Waals surface area contributed by atoms with Crippen molar-refractivity contribution in [2.45, 2.75) is 19.6 Å². The summed E-state index contributed by atoms with van der Waals surface area (Å²) < 4.78 is 6.67. The van der Waals surface area contributed by atoms with Gasteiger partial charge in [0.2, 0.25) is 0 Å². The lowest BCUT2D eigenvalue weighted by Crippen LogP contribution is -2.01. The molecule has 0 saturated heterocycles. The first kappa shape index (κ1) is 14.6. The Balaban J connectivity index is 2.13. The van der Waals surface area contributed by atoms with Crippen LogP contribution in [0.2, 0.25) is 0 Å². The van der Waals surface area contributed by atoms with Crippen LogP contribution in [0.1, 0.15) is 29.7 Å². The number of aliphatic hydroxyl groups excluding tert-OH is 1. The minimum atomic E-state index is -0.584. The van der Waals surface area contributed by atoms with Crippen LogP contribution in [0.15, 0.2) is 46.9 Å². The highest BCUT2D eigenvalue weighted by Crippen LogP contribution is 2.29. The number of halogens is 1. The van der Waals surface area contributed by atoms with E-state index in [1.165, 1.54) is 0 Å². The molecule has 0 radical (unpaired) electrons. The fourth-order valence-electron chi connectivity index (χ4n) is 1.81. The van der Waals surface area contributed by atoms with Crippen molar-refractivity contribution >= 4 is 15.9 Å². The quantitative estimate of drug-likeness (QED) is 0.922. The molecule has 0 spiro atoms. The van der Waals surface area contributed by atoms with Crippen molar-refractivity contribution in [3.8, 4) is 11.8 Å². The minimum Gasteiger partial charge on any atom is -0.488 e. The second-order valence-electron chi connectivity index (χ2n) is 4.46. The van der Waals surface area contributed by atoms with Crippen LogP contribution < -0.4 is 4.74 Å². The number of hydrogen-bond acceptors (Lipinski definition) is 3. The maximum absolute atomic E-state index is 9.73. The molecule has 0 aliphatic heterocycles. The predicted molar refractivity (Wildman–Crippen MR) is 80.3 cm³/mol. The van der Waals surface area contributed by atoms with E-state index in [4.69, 9.17) is 10.00 Å². The highest BCUT2D eigenvalue weighted by atomic mass is 79.9. The van der Waals surface area contributed by atoms with E-state index in [0.717, 1.165) is 15.6 Å². The highest BCUT2D eigenvalue weighted by molar-refractivity contribution is 9.10. The molecular weight excluding hydrogens is 318 g/mol. The molecule has 2 aromatic carbocycles. The van der Waals surface area contributed by atoms with Crippen LogP contribution in [-0.2, 0) is 6.61 Å². The molecule has 2 rings (SSSR count). The van der Waals surface area contributed by atoms with Gasteiger partial charge < -0.3 is 9.84 Å². The molecule has 0 amide bonds. The van der Waals surface area contributed by atoms with Crippen LogP contribution in [0.5, 0.6) is 5.75 Å². The first-order valence-corrected chi connectivity index (χ1v) is 6.99. The topological polar surface area (TPSA) is 53.2 Å². The maximum Gasteiger partial charge on any atom is 0.126 e. The standard InChI is InChI=1S/C16H14BrNO2/c1-11(19)15-7-6-14(17)8-16(15)20-10-13-4-2-12(9-18)3-5-13/h2-8,11,19H,10H2,1H3/t11-/m0/s1. The van der Waals surface area contributed by atoms with Crippen LogP contribution >= 0.6 is 15.9 Å². The molecule has 0 bridgehead atoms. The normalized spacial score (nSPS) is 11.7. The summed E-state index contributed by atoms with van der Waals surface area (Å²) in [6.07, 6.45) is -0.584. The molecule has 0 aliphatic rings. The second-order valence-corrected chi connectivity index (χ2v) is 5.37. The van der Waals surface area contributed by atoms with E-state index < -0.39 is 6.10 Å². The average Bonchev–Trinajstić information content (AvgIpc) is 2.45. The van der Waals surface area contributed by atoms with Crippen molar-refractivity contribution in [2.24, 2.45) is 0 Å². The number of benzene rings is 2. The van der Waals surface area contributed by atoms with Crippen molar-refractivity contribution in [3.63, 3.8) is 0 Å². The molecule has 1 atom stereocenters. The van der Waals surface area contributed by atoms with Crippen LogP contribution in [0, 0.1) is 11.3 Å². The summed E-state index contributed by atoms with van der Waals surface area (Å²) in [5, 5.41) is 18.5. The average molecular weight is 332 g/mol.